The van der Waals surface area contributed by atoms with E-state index in [2.05, 4.69) is 0 Å². The molecule has 0 aliphatic rings. The molecule has 0 aliphatic heterocycles. The number of carbonyl (C=O) groups excluding carboxylic acids is 1. The number of ketones is 1. The van der Waals surface area contributed by atoms with E-state index in [1.807, 2.05) is 0 Å². The molecular formula is C10H6NO6-. The van der Waals surface area contributed by atoms with Crippen molar-refractivity contribution in [2.75, 3.05) is 0 Å². The van der Waals surface area contributed by atoms with Gasteiger partial charge >= 0.3 is 5.97 Å². The van der Waals surface area contributed by atoms with E-state index in [-0.39, 0.29) is 11.3 Å². The third-order valence-electron chi connectivity index (χ3n) is 1.81. The number of hydrogen-bond donors (Lipinski definition) is 1. The number of carbonyl (C=O) groups is 2. The molecule has 0 bridgehead atoms. The highest BCUT2D eigenvalue weighted by atomic mass is 16.6. The number of carboxylic acids is 1. The van der Waals surface area contributed by atoms with Gasteiger partial charge in [0.2, 0.25) is 0 Å². The summed E-state index contributed by atoms with van der Waals surface area (Å²) in [4.78, 5) is 30.7. The van der Waals surface area contributed by atoms with Gasteiger partial charge in [-0.2, -0.15) is 0 Å². The zero-order valence-electron chi connectivity index (χ0n) is 8.32. The van der Waals surface area contributed by atoms with Crippen molar-refractivity contribution in [3.8, 4) is 0 Å². The fraction of sp³-hybridized carbons (Fsp3) is 0. The molecule has 0 saturated heterocycles. The molecule has 0 atom stereocenters. The number of rotatable bonds is 4. The molecule has 1 N–H and O–H groups in total. The van der Waals surface area contributed by atoms with E-state index in [9.17, 15) is 24.8 Å². The van der Waals surface area contributed by atoms with E-state index in [4.69, 9.17) is 5.11 Å². The average molecular weight is 236 g/mol. The number of benzene rings is 1. The lowest BCUT2D eigenvalue weighted by Gasteiger charge is -2.10. The fourth-order valence-corrected chi connectivity index (χ4v) is 1.04. The molecule has 0 amide bonds. The quantitative estimate of drug-likeness (QED) is 0.257. The Balaban J connectivity index is 3.08. The minimum absolute atomic E-state index is 0.117. The third kappa shape index (κ3) is 3.13. The van der Waals surface area contributed by atoms with Gasteiger partial charge in [-0.15, -0.1) is 0 Å². The Morgan fingerprint density at radius 2 is 2.00 bits per heavy atom. The molecule has 1 rings (SSSR count). The smallest absolute Gasteiger partial charge is 0.376 e. The number of nitro benzene ring substituents is 1. The van der Waals surface area contributed by atoms with Crippen molar-refractivity contribution in [1.82, 2.24) is 0 Å². The van der Waals surface area contributed by atoms with Crippen molar-refractivity contribution in [3.63, 3.8) is 0 Å². The first-order valence-electron chi connectivity index (χ1n) is 4.32. The maximum Gasteiger partial charge on any atom is 0.376 e. The van der Waals surface area contributed by atoms with Crippen molar-refractivity contribution in [3.05, 3.63) is 46.0 Å². The van der Waals surface area contributed by atoms with Gasteiger partial charge in [0.05, 0.1) is 4.92 Å². The van der Waals surface area contributed by atoms with Gasteiger partial charge in [-0.05, 0) is 11.6 Å². The summed E-state index contributed by atoms with van der Waals surface area (Å²) < 4.78 is 0. The van der Waals surface area contributed by atoms with Crippen molar-refractivity contribution < 1.29 is 24.7 Å². The second-order valence-electron chi connectivity index (χ2n) is 2.99. The van der Waals surface area contributed by atoms with E-state index in [0.717, 1.165) is 6.07 Å². The maximum atomic E-state index is 11.4. The molecule has 0 aromatic heterocycles. The maximum absolute atomic E-state index is 11.4. The molecule has 0 spiro atoms. The predicted molar refractivity (Wildman–Crippen MR) is 53.7 cm³/mol. The molecule has 0 heterocycles. The molecule has 0 unspecified atom stereocenters. The highest BCUT2D eigenvalue weighted by Crippen LogP contribution is 2.16. The van der Waals surface area contributed by atoms with Gasteiger partial charge in [0.1, 0.15) is 0 Å². The van der Waals surface area contributed by atoms with Crippen molar-refractivity contribution in [2.45, 2.75) is 0 Å². The monoisotopic (exact) mass is 236 g/mol. The number of nitro groups is 1. The van der Waals surface area contributed by atoms with Crippen LogP contribution in [0.3, 0.4) is 0 Å². The van der Waals surface area contributed by atoms with Gasteiger partial charge in [-0.25, -0.2) is 4.79 Å². The summed E-state index contributed by atoms with van der Waals surface area (Å²) in [7, 11) is 0. The first kappa shape index (κ1) is 12.4. The Morgan fingerprint density at radius 1 is 1.35 bits per heavy atom. The van der Waals surface area contributed by atoms with Crippen LogP contribution in [0.5, 0.6) is 0 Å². The summed E-state index contributed by atoms with van der Waals surface area (Å²) in [5.74, 6) is -4.02. The zero-order chi connectivity index (χ0) is 13.0. The van der Waals surface area contributed by atoms with Gasteiger partial charge < -0.3 is 10.2 Å². The molecule has 1 aromatic carbocycles. The highest BCUT2D eigenvalue weighted by molar-refractivity contribution is 6.38. The van der Waals surface area contributed by atoms with Gasteiger partial charge in [0.15, 0.2) is 0 Å². The van der Waals surface area contributed by atoms with Crippen LogP contribution >= 0.6 is 0 Å². The van der Waals surface area contributed by atoms with Crippen LogP contribution in [0.25, 0.3) is 5.76 Å². The number of nitrogens with zero attached hydrogens (tertiary/aromatic N) is 1. The van der Waals surface area contributed by atoms with Crippen LogP contribution in [-0.2, 0) is 9.59 Å². The third-order valence-corrected chi connectivity index (χ3v) is 1.81. The Labute approximate surface area is 94.8 Å². The summed E-state index contributed by atoms with van der Waals surface area (Å²) in [6.45, 7) is 0. The number of hydrogen-bond acceptors (Lipinski definition) is 5. The topological polar surface area (TPSA) is 121 Å². The van der Waals surface area contributed by atoms with E-state index >= 15 is 0 Å². The first-order chi connectivity index (χ1) is 7.91. The minimum atomic E-state index is -1.76. The van der Waals surface area contributed by atoms with Gasteiger partial charge in [0.25, 0.3) is 11.5 Å². The molecule has 88 valence electrons. The lowest BCUT2D eigenvalue weighted by molar-refractivity contribution is -0.385. The number of carboxylic acid groups (broad SMARTS) is 1. The van der Waals surface area contributed by atoms with Crippen LogP contribution < -0.4 is 5.11 Å². The molecule has 7 heteroatoms. The summed E-state index contributed by atoms with van der Waals surface area (Å²) in [5, 5.41) is 30.1. The van der Waals surface area contributed by atoms with Gasteiger partial charge in [-0.1, -0.05) is 17.9 Å². The van der Waals surface area contributed by atoms with Gasteiger partial charge in [0, 0.05) is 12.1 Å². The summed E-state index contributed by atoms with van der Waals surface area (Å²) in [5.41, 5.74) is -0.430. The van der Waals surface area contributed by atoms with Crippen LogP contribution in [0.4, 0.5) is 5.69 Å². The molecule has 0 fully saturated rings. The lowest BCUT2D eigenvalue weighted by atomic mass is 10.1. The largest absolute Gasteiger partial charge is 0.872 e. The molecule has 1 aromatic rings. The fourth-order valence-electron chi connectivity index (χ4n) is 1.04. The van der Waals surface area contributed by atoms with Crippen LogP contribution in [0, 0.1) is 10.1 Å². The van der Waals surface area contributed by atoms with E-state index in [1.54, 1.807) is 0 Å². The molecule has 0 aliphatic carbocycles. The summed E-state index contributed by atoms with van der Waals surface area (Å²) in [6.07, 6.45) is 0.376. The summed E-state index contributed by atoms with van der Waals surface area (Å²) >= 11 is 0. The minimum Gasteiger partial charge on any atom is -0.872 e. The van der Waals surface area contributed by atoms with Crippen molar-refractivity contribution in [2.24, 2.45) is 0 Å². The van der Waals surface area contributed by atoms with E-state index in [0.29, 0.717) is 6.08 Å². The molecule has 17 heavy (non-hydrogen) atoms. The van der Waals surface area contributed by atoms with Crippen LogP contribution in [0.1, 0.15) is 5.56 Å². The standard InChI is InChI=1S/C10H7NO6/c12-8(5-9(13)10(14)15)6-2-1-3-7(4-6)11(16)17/h1-5,12H,(H,14,15)/p-1. The SMILES string of the molecule is O=C(O)C(=O)C=C([O-])c1cccc([N+](=O)[O-])c1. The summed E-state index contributed by atoms with van der Waals surface area (Å²) in [6, 6.07) is 4.66. The Bertz CT molecular complexity index is 519. The molecule has 7 nitrogen and oxygen atoms in total. The average Bonchev–Trinajstić information content (AvgIpc) is 2.28. The van der Waals surface area contributed by atoms with Crippen molar-refractivity contribution in [1.29, 1.82) is 0 Å². The second kappa shape index (κ2) is 4.88. The Morgan fingerprint density at radius 3 is 2.53 bits per heavy atom. The van der Waals surface area contributed by atoms with Gasteiger partial charge in [-0.3, -0.25) is 14.9 Å². The highest BCUT2D eigenvalue weighted by Gasteiger charge is 2.09. The second-order valence-corrected chi connectivity index (χ2v) is 2.99. The first-order valence-corrected chi connectivity index (χ1v) is 4.32. The lowest BCUT2D eigenvalue weighted by Crippen LogP contribution is -2.13. The Kier molecular flexibility index (Phi) is 3.55. The molecule has 0 saturated carbocycles. The van der Waals surface area contributed by atoms with E-state index in [1.165, 1.54) is 18.2 Å². The van der Waals surface area contributed by atoms with E-state index < -0.39 is 22.4 Å². The normalized spacial score (nSPS) is 10.9. The number of non-ortho nitro benzene ring substituents is 1. The number of aliphatic carboxylic acids is 1. The zero-order valence-corrected chi connectivity index (χ0v) is 8.32. The Hall–Kier alpha value is -2.70. The van der Waals surface area contributed by atoms with Crippen LogP contribution in [0.15, 0.2) is 30.3 Å². The molecular weight excluding hydrogens is 230 g/mol. The van der Waals surface area contributed by atoms with Crippen molar-refractivity contribution >= 4 is 23.2 Å². The predicted octanol–water partition coefficient (Wildman–Crippen LogP) is -0.0503. The van der Waals surface area contributed by atoms with Crippen LogP contribution in [0.2, 0.25) is 0 Å². The molecule has 0 radical (unpaired) electrons. The van der Waals surface area contributed by atoms with Crippen LogP contribution in [-0.4, -0.2) is 21.8 Å².